The third kappa shape index (κ3) is 5.25. The molecule has 0 saturated carbocycles. The fourth-order valence-corrected chi connectivity index (χ4v) is 4.16. The smallest absolute Gasteiger partial charge is 0.255 e. The number of nitrogens with zero attached hydrogens (tertiary/aromatic N) is 2. The number of fused-ring (bicyclic) bond motifs is 1. The van der Waals surface area contributed by atoms with Gasteiger partial charge in [-0.1, -0.05) is 35.8 Å². The van der Waals surface area contributed by atoms with Crippen molar-refractivity contribution < 1.29 is 14.1 Å². The van der Waals surface area contributed by atoms with E-state index >= 15 is 0 Å². The number of piperidine rings is 1. The summed E-state index contributed by atoms with van der Waals surface area (Å²) in [6, 6.07) is 11.9. The van der Waals surface area contributed by atoms with E-state index in [4.69, 9.17) is 9.26 Å². The Morgan fingerprint density at radius 1 is 1.13 bits per heavy atom. The van der Waals surface area contributed by atoms with E-state index in [2.05, 4.69) is 15.4 Å². The van der Waals surface area contributed by atoms with E-state index in [1.807, 2.05) is 50.2 Å². The van der Waals surface area contributed by atoms with E-state index in [-0.39, 0.29) is 5.91 Å². The average molecular weight is 422 g/mol. The number of likely N-dealkylation sites (tertiary alicyclic amines) is 1. The van der Waals surface area contributed by atoms with Crippen LogP contribution in [0, 0.1) is 13.8 Å². The molecular weight excluding hydrogens is 390 g/mol. The largest absolute Gasteiger partial charge is 0.488 e. The SMILES string of the molecule is Cc1noc(C)c1COc1cc2ccccc2cc1C(=O)NCCCN1CCCCC1. The zero-order valence-corrected chi connectivity index (χ0v) is 18.4. The summed E-state index contributed by atoms with van der Waals surface area (Å²) in [4.78, 5) is 15.5. The van der Waals surface area contributed by atoms with Gasteiger partial charge < -0.3 is 19.5 Å². The summed E-state index contributed by atoms with van der Waals surface area (Å²) in [5.74, 6) is 1.22. The monoisotopic (exact) mass is 421 g/mol. The molecule has 1 aromatic heterocycles. The average Bonchev–Trinajstić information content (AvgIpc) is 3.12. The molecule has 31 heavy (non-hydrogen) atoms. The maximum Gasteiger partial charge on any atom is 0.255 e. The van der Waals surface area contributed by atoms with Crippen molar-refractivity contribution in [2.75, 3.05) is 26.2 Å². The maximum absolute atomic E-state index is 13.0. The van der Waals surface area contributed by atoms with Gasteiger partial charge in [-0.2, -0.15) is 0 Å². The van der Waals surface area contributed by atoms with Crippen LogP contribution in [-0.4, -0.2) is 42.1 Å². The van der Waals surface area contributed by atoms with Gasteiger partial charge in [-0.3, -0.25) is 4.79 Å². The van der Waals surface area contributed by atoms with Crippen LogP contribution in [0.3, 0.4) is 0 Å². The molecule has 6 nitrogen and oxygen atoms in total. The number of carbonyl (C=O) groups is 1. The summed E-state index contributed by atoms with van der Waals surface area (Å²) in [6.07, 6.45) is 4.87. The first kappa shape index (κ1) is 21.4. The zero-order chi connectivity index (χ0) is 21.6. The lowest BCUT2D eigenvalue weighted by Crippen LogP contribution is -2.33. The summed E-state index contributed by atoms with van der Waals surface area (Å²) in [5, 5.41) is 9.13. The highest BCUT2D eigenvalue weighted by atomic mass is 16.5. The van der Waals surface area contributed by atoms with Crippen molar-refractivity contribution in [3.05, 3.63) is 59.0 Å². The number of ether oxygens (including phenoxy) is 1. The molecule has 1 aliphatic rings. The van der Waals surface area contributed by atoms with Gasteiger partial charge in [0.2, 0.25) is 0 Å². The Kier molecular flexibility index (Phi) is 6.87. The van der Waals surface area contributed by atoms with Crippen LogP contribution in [0.5, 0.6) is 5.75 Å². The molecular formula is C25H31N3O3. The summed E-state index contributed by atoms with van der Waals surface area (Å²) < 4.78 is 11.3. The third-order valence-electron chi connectivity index (χ3n) is 6.03. The first-order chi connectivity index (χ1) is 15.1. The van der Waals surface area contributed by atoms with Crippen molar-refractivity contribution in [3.8, 4) is 5.75 Å². The summed E-state index contributed by atoms with van der Waals surface area (Å²) >= 11 is 0. The Balaban J connectivity index is 1.45. The van der Waals surface area contributed by atoms with Gasteiger partial charge in [-0.05, 0) is 75.6 Å². The number of rotatable bonds is 8. The molecule has 4 rings (SSSR count). The first-order valence-corrected chi connectivity index (χ1v) is 11.2. The van der Waals surface area contributed by atoms with E-state index in [1.54, 1.807) is 0 Å². The molecule has 6 heteroatoms. The summed E-state index contributed by atoms with van der Waals surface area (Å²) in [6.45, 7) is 8.13. The highest BCUT2D eigenvalue weighted by Gasteiger charge is 2.17. The van der Waals surface area contributed by atoms with E-state index < -0.39 is 0 Å². The second-order valence-electron chi connectivity index (χ2n) is 8.30. The molecule has 3 aromatic rings. The minimum atomic E-state index is -0.0989. The molecule has 1 aliphatic heterocycles. The highest BCUT2D eigenvalue weighted by Crippen LogP contribution is 2.28. The van der Waals surface area contributed by atoms with Crippen molar-refractivity contribution in [1.29, 1.82) is 0 Å². The second kappa shape index (κ2) is 9.96. The molecule has 1 amide bonds. The quantitative estimate of drug-likeness (QED) is 0.537. The normalized spacial score (nSPS) is 14.6. The van der Waals surface area contributed by atoms with Gasteiger partial charge in [0, 0.05) is 6.54 Å². The minimum absolute atomic E-state index is 0.0989. The lowest BCUT2D eigenvalue weighted by molar-refractivity contribution is 0.0946. The van der Waals surface area contributed by atoms with Crippen LogP contribution in [0.2, 0.25) is 0 Å². The van der Waals surface area contributed by atoms with Gasteiger partial charge in [0.25, 0.3) is 5.91 Å². The van der Waals surface area contributed by atoms with Crippen molar-refractivity contribution in [2.45, 2.75) is 46.1 Å². The molecule has 2 aromatic carbocycles. The molecule has 0 atom stereocenters. The lowest BCUT2D eigenvalue weighted by Gasteiger charge is -2.26. The Bertz CT molecular complexity index is 1020. The summed E-state index contributed by atoms with van der Waals surface area (Å²) in [5.41, 5.74) is 2.28. The number of hydrogen-bond acceptors (Lipinski definition) is 5. The van der Waals surface area contributed by atoms with E-state index in [0.29, 0.717) is 24.5 Å². The number of aromatic nitrogens is 1. The lowest BCUT2D eigenvalue weighted by atomic mass is 10.1. The number of carbonyl (C=O) groups excluding carboxylic acids is 1. The van der Waals surface area contributed by atoms with Crippen LogP contribution < -0.4 is 10.1 Å². The van der Waals surface area contributed by atoms with Crippen molar-refractivity contribution >= 4 is 16.7 Å². The maximum atomic E-state index is 13.0. The summed E-state index contributed by atoms with van der Waals surface area (Å²) in [7, 11) is 0. The second-order valence-corrected chi connectivity index (χ2v) is 8.30. The molecule has 2 heterocycles. The van der Waals surface area contributed by atoms with Gasteiger partial charge in [0.1, 0.15) is 18.1 Å². The molecule has 0 radical (unpaired) electrons. The van der Waals surface area contributed by atoms with Crippen LogP contribution in [0.25, 0.3) is 10.8 Å². The van der Waals surface area contributed by atoms with Crippen molar-refractivity contribution in [2.24, 2.45) is 0 Å². The molecule has 1 N–H and O–H groups in total. The molecule has 1 saturated heterocycles. The van der Waals surface area contributed by atoms with Crippen molar-refractivity contribution in [3.63, 3.8) is 0 Å². The molecule has 164 valence electrons. The number of amides is 1. The van der Waals surface area contributed by atoms with Crippen LogP contribution in [-0.2, 0) is 6.61 Å². The Hall–Kier alpha value is -2.86. The predicted octanol–water partition coefficient (Wildman–Crippen LogP) is 4.63. The fraction of sp³-hybridized carbons (Fsp3) is 0.440. The molecule has 1 fully saturated rings. The van der Waals surface area contributed by atoms with Crippen LogP contribution in [0.4, 0.5) is 0 Å². The Morgan fingerprint density at radius 2 is 1.87 bits per heavy atom. The topological polar surface area (TPSA) is 67.6 Å². The Morgan fingerprint density at radius 3 is 2.58 bits per heavy atom. The zero-order valence-electron chi connectivity index (χ0n) is 18.4. The van der Waals surface area contributed by atoms with E-state index in [9.17, 15) is 4.79 Å². The van der Waals surface area contributed by atoms with Gasteiger partial charge in [0.15, 0.2) is 0 Å². The predicted molar refractivity (Wildman–Crippen MR) is 121 cm³/mol. The molecule has 0 unspecified atom stereocenters. The molecule has 0 spiro atoms. The van der Waals surface area contributed by atoms with E-state index in [1.165, 1.54) is 32.4 Å². The Labute approximate surface area is 183 Å². The van der Waals surface area contributed by atoms with Gasteiger partial charge in [-0.25, -0.2) is 0 Å². The van der Waals surface area contributed by atoms with Gasteiger partial charge in [-0.15, -0.1) is 0 Å². The third-order valence-corrected chi connectivity index (χ3v) is 6.03. The highest BCUT2D eigenvalue weighted by molar-refractivity contribution is 6.01. The number of nitrogens with one attached hydrogen (secondary N) is 1. The number of benzene rings is 2. The van der Waals surface area contributed by atoms with E-state index in [0.717, 1.165) is 40.8 Å². The van der Waals surface area contributed by atoms with Crippen molar-refractivity contribution in [1.82, 2.24) is 15.4 Å². The molecule has 0 bridgehead atoms. The molecule has 0 aliphatic carbocycles. The number of hydrogen-bond donors (Lipinski definition) is 1. The van der Waals surface area contributed by atoms with Gasteiger partial charge in [0.05, 0.1) is 16.8 Å². The van der Waals surface area contributed by atoms with Gasteiger partial charge >= 0.3 is 0 Å². The van der Waals surface area contributed by atoms with Crippen LogP contribution in [0.1, 0.15) is 53.1 Å². The van der Waals surface area contributed by atoms with Crippen LogP contribution >= 0.6 is 0 Å². The minimum Gasteiger partial charge on any atom is -0.488 e. The number of aryl methyl sites for hydroxylation is 2. The first-order valence-electron chi connectivity index (χ1n) is 11.2. The van der Waals surface area contributed by atoms with Crippen LogP contribution in [0.15, 0.2) is 40.9 Å². The standard InChI is InChI=1S/C25H31N3O3/c1-18-23(19(2)31-27-18)17-30-24-16-21-10-5-4-9-20(21)15-22(24)25(29)26-11-8-14-28-12-6-3-7-13-28/h4-5,9-10,15-16H,3,6-8,11-14,17H2,1-2H3,(H,26,29). The fourth-order valence-electron chi connectivity index (χ4n) is 4.16.